The fourth-order valence-corrected chi connectivity index (χ4v) is 4.72. The number of sulfone groups is 1. The Kier molecular flexibility index (Phi) is 3.89. The molecule has 3 rings (SSSR count). The lowest BCUT2D eigenvalue weighted by Crippen LogP contribution is -2.47. The average molecular weight is 308 g/mol. The van der Waals surface area contributed by atoms with E-state index >= 15 is 0 Å². The summed E-state index contributed by atoms with van der Waals surface area (Å²) in [4.78, 5) is 12.3. The van der Waals surface area contributed by atoms with Crippen LogP contribution in [-0.2, 0) is 21.1 Å². The standard InChI is InChI=1S/C15H20N2O3S/c18-15(17-13-5-3-7-21(19,20)10-13)12-8-11-4-1-2-6-14(11)16-9-12/h1-2,4,6,12-13,16H,3,5,7-10H2,(H,17,18). The normalized spacial score (nSPS) is 27.2. The van der Waals surface area contributed by atoms with Crippen LogP contribution in [0.1, 0.15) is 18.4 Å². The van der Waals surface area contributed by atoms with Crippen LogP contribution in [0.2, 0.25) is 0 Å². The number of nitrogens with one attached hydrogen (secondary N) is 2. The van der Waals surface area contributed by atoms with E-state index in [0.717, 1.165) is 17.7 Å². The molecule has 0 aliphatic carbocycles. The minimum absolute atomic E-state index is 0.0425. The summed E-state index contributed by atoms with van der Waals surface area (Å²) in [5, 5.41) is 6.18. The number of carbonyl (C=O) groups is 1. The number of hydrogen-bond acceptors (Lipinski definition) is 4. The van der Waals surface area contributed by atoms with Gasteiger partial charge in [-0.05, 0) is 30.9 Å². The number of para-hydroxylation sites is 1. The molecule has 2 aliphatic heterocycles. The smallest absolute Gasteiger partial charge is 0.225 e. The Balaban J connectivity index is 1.62. The highest BCUT2D eigenvalue weighted by molar-refractivity contribution is 7.91. The van der Waals surface area contributed by atoms with Gasteiger partial charge in [0.2, 0.25) is 5.91 Å². The summed E-state index contributed by atoms with van der Waals surface area (Å²) >= 11 is 0. The SMILES string of the molecule is O=C(NC1CCCS(=O)(=O)C1)C1CNc2ccccc2C1. The van der Waals surface area contributed by atoms with Gasteiger partial charge in [-0.15, -0.1) is 0 Å². The molecule has 0 spiro atoms. The topological polar surface area (TPSA) is 75.3 Å². The van der Waals surface area contributed by atoms with Crippen LogP contribution < -0.4 is 10.6 Å². The molecule has 1 aromatic carbocycles. The van der Waals surface area contributed by atoms with E-state index in [-0.39, 0.29) is 29.4 Å². The summed E-state index contributed by atoms with van der Waals surface area (Å²) in [6.45, 7) is 0.600. The highest BCUT2D eigenvalue weighted by atomic mass is 32.2. The van der Waals surface area contributed by atoms with Gasteiger partial charge in [-0.1, -0.05) is 18.2 Å². The lowest BCUT2D eigenvalue weighted by atomic mass is 9.93. The maximum absolute atomic E-state index is 12.3. The van der Waals surface area contributed by atoms with Crippen LogP contribution in [0.3, 0.4) is 0 Å². The highest BCUT2D eigenvalue weighted by Gasteiger charge is 2.29. The van der Waals surface area contributed by atoms with Crippen molar-refractivity contribution in [3.8, 4) is 0 Å². The Morgan fingerprint density at radius 3 is 2.90 bits per heavy atom. The second-order valence-corrected chi connectivity index (χ2v) is 8.13. The first kappa shape index (κ1) is 14.4. The molecule has 0 aromatic heterocycles. The number of carbonyl (C=O) groups excluding carboxylic acids is 1. The molecule has 2 unspecified atom stereocenters. The van der Waals surface area contributed by atoms with Gasteiger partial charge in [0.05, 0.1) is 17.4 Å². The molecule has 114 valence electrons. The van der Waals surface area contributed by atoms with Crippen LogP contribution >= 0.6 is 0 Å². The molecule has 2 heterocycles. The van der Waals surface area contributed by atoms with Gasteiger partial charge in [-0.2, -0.15) is 0 Å². The third kappa shape index (κ3) is 3.37. The second kappa shape index (κ2) is 5.67. The Morgan fingerprint density at radius 1 is 1.29 bits per heavy atom. The van der Waals surface area contributed by atoms with Crippen molar-refractivity contribution in [3.63, 3.8) is 0 Å². The maximum Gasteiger partial charge on any atom is 0.225 e. The summed E-state index contributed by atoms with van der Waals surface area (Å²) in [6.07, 6.45) is 2.09. The van der Waals surface area contributed by atoms with E-state index in [1.165, 1.54) is 0 Å². The van der Waals surface area contributed by atoms with E-state index in [1.54, 1.807) is 0 Å². The van der Waals surface area contributed by atoms with Crippen molar-refractivity contribution in [1.29, 1.82) is 0 Å². The maximum atomic E-state index is 12.3. The molecular formula is C15H20N2O3S. The average Bonchev–Trinajstić information content (AvgIpc) is 2.45. The molecule has 1 aromatic rings. The second-order valence-electron chi connectivity index (χ2n) is 5.90. The molecule has 0 saturated carbocycles. The van der Waals surface area contributed by atoms with Crippen LogP contribution in [0.15, 0.2) is 24.3 Å². The minimum Gasteiger partial charge on any atom is -0.384 e. The predicted molar refractivity (Wildman–Crippen MR) is 81.9 cm³/mol. The lowest BCUT2D eigenvalue weighted by Gasteiger charge is -2.28. The van der Waals surface area contributed by atoms with Crippen molar-refractivity contribution in [1.82, 2.24) is 5.32 Å². The molecule has 5 nitrogen and oxygen atoms in total. The molecule has 0 bridgehead atoms. The van der Waals surface area contributed by atoms with E-state index in [9.17, 15) is 13.2 Å². The molecule has 1 saturated heterocycles. The zero-order chi connectivity index (χ0) is 14.9. The quantitative estimate of drug-likeness (QED) is 0.853. The third-order valence-corrected chi connectivity index (χ3v) is 6.02. The van der Waals surface area contributed by atoms with Crippen LogP contribution in [-0.4, -0.2) is 38.4 Å². The van der Waals surface area contributed by atoms with E-state index in [1.807, 2.05) is 24.3 Å². The van der Waals surface area contributed by atoms with Crippen molar-refractivity contribution >= 4 is 21.4 Å². The van der Waals surface area contributed by atoms with Crippen molar-refractivity contribution in [2.24, 2.45) is 5.92 Å². The first-order chi connectivity index (χ1) is 10.0. The van der Waals surface area contributed by atoms with Crippen LogP contribution in [0.4, 0.5) is 5.69 Å². The molecular weight excluding hydrogens is 288 g/mol. The van der Waals surface area contributed by atoms with Gasteiger partial charge in [-0.25, -0.2) is 8.42 Å². The summed E-state index contributed by atoms with van der Waals surface area (Å²) < 4.78 is 23.2. The predicted octanol–water partition coefficient (Wildman–Crippen LogP) is 0.964. The molecule has 1 fully saturated rings. The van der Waals surface area contributed by atoms with E-state index in [0.29, 0.717) is 19.4 Å². The van der Waals surface area contributed by atoms with Gasteiger partial charge < -0.3 is 10.6 Å². The third-order valence-electron chi connectivity index (χ3n) is 4.20. The number of fused-ring (bicyclic) bond motifs is 1. The van der Waals surface area contributed by atoms with E-state index in [2.05, 4.69) is 10.6 Å². The summed E-state index contributed by atoms with van der Waals surface area (Å²) in [5.41, 5.74) is 2.22. The number of anilines is 1. The summed E-state index contributed by atoms with van der Waals surface area (Å²) in [7, 11) is -2.99. The van der Waals surface area contributed by atoms with Gasteiger partial charge in [-0.3, -0.25) is 4.79 Å². The molecule has 2 aliphatic rings. The number of amides is 1. The Hall–Kier alpha value is -1.56. The van der Waals surface area contributed by atoms with E-state index < -0.39 is 9.84 Å². The van der Waals surface area contributed by atoms with Crippen LogP contribution in [0.25, 0.3) is 0 Å². The first-order valence-corrected chi connectivity index (χ1v) is 9.18. The first-order valence-electron chi connectivity index (χ1n) is 7.36. The largest absolute Gasteiger partial charge is 0.384 e. The fourth-order valence-electron chi connectivity index (χ4n) is 3.08. The van der Waals surface area contributed by atoms with Crippen molar-refractivity contribution < 1.29 is 13.2 Å². The van der Waals surface area contributed by atoms with Gasteiger partial charge in [0.1, 0.15) is 0 Å². The molecule has 2 atom stereocenters. The van der Waals surface area contributed by atoms with Crippen molar-refractivity contribution in [2.45, 2.75) is 25.3 Å². The zero-order valence-corrected chi connectivity index (χ0v) is 12.7. The van der Waals surface area contributed by atoms with Gasteiger partial charge >= 0.3 is 0 Å². The molecule has 0 radical (unpaired) electrons. The van der Waals surface area contributed by atoms with Crippen LogP contribution in [0, 0.1) is 5.92 Å². The van der Waals surface area contributed by atoms with Gasteiger partial charge in [0.15, 0.2) is 9.84 Å². The fraction of sp³-hybridized carbons (Fsp3) is 0.533. The molecule has 1 amide bonds. The zero-order valence-electron chi connectivity index (χ0n) is 11.8. The van der Waals surface area contributed by atoms with Crippen LogP contribution in [0.5, 0.6) is 0 Å². The van der Waals surface area contributed by atoms with E-state index in [4.69, 9.17) is 0 Å². The van der Waals surface area contributed by atoms with Gasteiger partial charge in [0, 0.05) is 18.3 Å². The van der Waals surface area contributed by atoms with Gasteiger partial charge in [0.25, 0.3) is 0 Å². The molecule has 2 N–H and O–H groups in total. The summed E-state index contributed by atoms with van der Waals surface area (Å²) in [5.74, 6) is 0.149. The highest BCUT2D eigenvalue weighted by Crippen LogP contribution is 2.24. The number of hydrogen-bond donors (Lipinski definition) is 2. The Bertz CT molecular complexity index is 642. The Labute approximate surface area is 125 Å². The summed E-state index contributed by atoms with van der Waals surface area (Å²) in [6, 6.07) is 7.74. The van der Waals surface area contributed by atoms with Crippen molar-refractivity contribution in [3.05, 3.63) is 29.8 Å². The number of benzene rings is 1. The molecule has 6 heteroatoms. The Morgan fingerprint density at radius 2 is 2.10 bits per heavy atom. The van der Waals surface area contributed by atoms with Crippen molar-refractivity contribution in [2.75, 3.05) is 23.4 Å². The minimum atomic E-state index is -2.99. The monoisotopic (exact) mass is 308 g/mol. The molecule has 21 heavy (non-hydrogen) atoms. The lowest BCUT2D eigenvalue weighted by molar-refractivity contribution is -0.125. The number of rotatable bonds is 2.